The van der Waals surface area contributed by atoms with Crippen LogP contribution in [0.25, 0.3) is 10.9 Å². The number of nitrogens with one attached hydrogen (secondary N) is 1. The van der Waals surface area contributed by atoms with Crippen LogP contribution >= 0.6 is 11.6 Å². The van der Waals surface area contributed by atoms with E-state index in [1.165, 1.54) is 18.5 Å². The molecular formula is C37H36ClFN4O4S. The van der Waals surface area contributed by atoms with Gasteiger partial charge in [0.05, 0.1) is 27.4 Å². The number of hydrogen-bond donors (Lipinski definition) is 1. The summed E-state index contributed by atoms with van der Waals surface area (Å²) in [6.07, 6.45) is 7.56. The van der Waals surface area contributed by atoms with E-state index >= 15 is 0 Å². The summed E-state index contributed by atoms with van der Waals surface area (Å²) in [6.45, 7) is 1.35. The first kappa shape index (κ1) is 33.4. The first-order valence-electron chi connectivity index (χ1n) is 15.7. The maximum Gasteiger partial charge on any atom is 0.179 e. The van der Waals surface area contributed by atoms with Gasteiger partial charge in [-0.15, -0.1) is 0 Å². The minimum atomic E-state index is -3.34. The third-order valence-corrected chi connectivity index (χ3v) is 10.4. The molecule has 6 rings (SSSR count). The third-order valence-electron chi connectivity index (χ3n) is 8.44. The Balaban J connectivity index is 1.12. The largest absolute Gasteiger partial charge is 0.490 e. The van der Waals surface area contributed by atoms with Crippen molar-refractivity contribution in [3.63, 3.8) is 0 Å². The van der Waals surface area contributed by atoms with E-state index in [1.807, 2.05) is 37.4 Å². The van der Waals surface area contributed by atoms with Crippen LogP contribution in [-0.2, 0) is 26.8 Å². The second kappa shape index (κ2) is 14.7. The van der Waals surface area contributed by atoms with Crippen molar-refractivity contribution in [1.29, 1.82) is 0 Å². The monoisotopic (exact) mass is 686 g/mol. The lowest BCUT2D eigenvalue weighted by Gasteiger charge is -2.30. The molecule has 0 bridgehead atoms. The van der Waals surface area contributed by atoms with Crippen molar-refractivity contribution in [2.75, 3.05) is 31.2 Å². The van der Waals surface area contributed by atoms with Crippen LogP contribution in [0.1, 0.15) is 30.4 Å². The summed E-state index contributed by atoms with van der Waals surface area (Å²) in [5.74, 6) is 0.845. The fourth-order valence-electron chi connectivity index (χ4n) is 5.78. The number of sulfone groups is 1. The Morgan fingerprint density at radius 3 is 2.62 bits per heavy atom. The van der Waals surface area contributed by atoms with Crippen LogP contribution in [-0.4, -0.2) is 49.2 Å². The number of rotatable bonds is 14. The molecule has 5 aromatic rings. The van der Waals surface area contributed by atoms with Crippen LogP contribution in [0.3, 0.4) is 0 Å². The molecule has 0 fully saturated rings. The Hall–Kier alpha value is -4.51. The van der Waals surface area contributed by atoms with Gasteiger partial charge in [0, 0.05) is 24.0 Å². The van der Waals surface area contributed by atoms with Crippen LogP contribution in [0.15, 0.2) is 115 Å². The molecule has 48 heavy (non-hydrogen) atoms. The van der Waals surface area contributed by atoms with E-state index in [0.29, 0.717) is 45.7 Å². The van der Waals surface area contributed by atoms with Gasteiger partial charge in [-0.3, -0.25) is 0 Å². The summed E-state index contributed by atoms with van der Waals surface area (Å²) in [4.78, 5) is 11.4. The molecule has 1 aliphatic rings. The molecule has 1 unspecified atom stereocenters. The topological polar surface area (TPSA) is 93.7 Å². The highest BCUT2D eigenvalue weighted by atomic mass is 35.5. The molecule has 0 saturated carbocycles. The Bertz CT molecular complexity index is 2020. The molecule has 2 heterocycles. The van der Waals surface area contributed by atoms with Crippen molar-refractivity contribution in [2.45, 2.75) is 36.4 Å². The van der Waals surface area contributed by atoms with E-state index in [9.17, 15) is 12.8 Å². The maximum absolute atomic E-state index is 13.5. The second-order valence-corrected chi connectivity index (χ2v) is 14.4. The van der Waals surface area contributed by atoms with Crippen molar-refractivity contribution in [2.24, 2.45) is 0 Å². The third kappa shape index (κ3) is 7.95. The van der Waals surface area contributed by atoms with E-state index < -0.39 is 15.4 Å². The number of halogens is 2. The van der Waals surface area contributed by atoms with Gasteiger partial charge in [-0.05, 0) is 98.2 Å². The summed E-state index contributed by atoms with van der Waals surface area (Å²) in [6, 6.07) is 26.3. The Kier molecular flexibility index (Phi) is 10.2. The van der Waals surface area contributed by atoms with Crippen molar-refractivity contribution >= 4 is 43.8 Å². The molecule has 0 radical (unpaired) electrons. The molecule has 0 aliphatic carbocycles. The SMILES string of the molecule is CN(CCCC1(c2ccc3ncnc(Nc4ccc(OCc5cccc(F)c5)c(Cl)c4)c3c2)CC=CO1)CCS(=O)(=O)c1ccccc1. The first-order valence-corrected chi connectivity index (χ1v) is 17.7. The smallest absolute Gasteiger partial charge is 0.179 e. The lowest BCUT2D eigenvalue weighted by molar-refractivity contribution is 0.0285. The van der Waals surface area contributed by atoms with Gasteiger partial charge < -0.3 is 19.7 Å². The molecule has 1 atom stereocenters. The fourth-order valence-corrected chi connectivity index (χ4v) is 7.38. The van der Waals surface area contributed by atoms with E-state index in [2.05, 4.69) is 26.3 Å². The fraction of sp³-hybridized carbons (Fsp3) is 0.243. The average Bonchev–Trinajstić information content (AvgIpc) is 3.57. The minimum absolute atomic E-state index is 0.0625. The van der Waals surface area contributed by atoms with Crippen molar-refractivity contribution in [1.82, 2.24) is 14.9 Å². The molecule has 4 aromatic carbocycles. The predicted octanol–water partition coefficient (Wildman–Crippen LogP) is 8.06. The van der Waals surface area contributed by atoms with Crippen molar-refractivity contribution < 1.29 is 22.3 Å². The molecule has 11 heteroatoms. The Morgan fingerprint density at radius 1 is 1.00 bits per heavy atom. The molecular weight excluding hydrogens is 651 g/mol. The van der Waals surface area contributed by atoms with Gasteiger partial charge >= 0.3 is 0 Å². The van der Waals surface area contributed by atoms with E-state index in [0.717, 1.165) is 35.9 Å². The van der Waals surface area contributed by atoms with Crippen molar-refractivity contribution in [3.05, 3.63) is 132 Å². The number of aromatic nitrogens is 2. The molecule has 1 aliphatic heterocycles. The number of nitrogens with zero attached hydrogens (tertiary/aromatic N) is 3. The average molecular weight is 687 g/mol. The zero-order chi connectivity index (χ0) is 33.6. The van der Waals surface area contributed by atoms with Gasteiger partial charge in [0.25, 0.3) is 0 Å². The number of anilines is 2. The number of benzene rings is 4. The molecule has 0 spiro atoms. The van der Waals surface area contributed by atoms with Gasteiger partial charge in [0.15, 0.2) is 9.84 Å². The molecule has 8 nitrogen and oxygen atoms in total. The lowest BCUT2D eigenvalue weighted by Crippen LogP contribution is -2.30. The van der Waals surface area contributed by atoms with Crippen LogP contribution in [0.4, 0.5) is 15.9 Å². The summed E-state index contributed by atoms with van der Waals surface area (Å²) in [7, 11) is -1.39. The van der Waals surface area contributed by atoms with Gasteiger partial charge in [0.2, 0.25) is 0 Å². The van der Waals surface area contributed by atoms with Gasteiger partial charge in [-0.25, -0.2) is 22.8 Å². The molecule has 0 amide bonds. The van der Waals surface area contributed by atoms with E-state index in [1.54, 1.807) is 54.8 Å². The summed E-state index contributed by atoms with van der Waals surface area (Å²) >= 11 is 6.55. The standard InChI is InChI=1S/C37H36ClFN4O4S/c1-43(19-21-48(44,45)31-10-3-2-4-11-31)18-6-16-37(17-7-20-47-37)28-12-14-34-32(23-28)36(41-26-40-34)42-30-13-15-35(33(38)24-30)46-25-27-8-5-9-29(39)22-27/h2-5,7-15,20,22-24,26H,6,16-19,21,25H2,1H3,(H,40,41,42). The molecule has 1 aromatic heterocycles. The zero-order valence-electron chi connectivity index (χ0n) is 26.5. The van der Waals surface area contributed by atoms with E-state index in [-0.39, 0.29) is 18.2 Å². The quantitative estimate of drug-likeness (QED) is 0.125. The Labute approximate surface area is 285 Å². The van der Waals surface area contributed by atoms with Crippen LogP contribution in [0.2, 0.25) is 5.02 Å². The Morgan fingerprint density at radius 2 is 1.85 bits per heavy atom. The number of hydrogen-bond acceptors (Lipinski definition) is 8. The van der Waals surface area contributed by atoms with E-state index in [4.69, 9.17) is 21.1 Å². The maximum atomic E-state index is 13.5. The molecule has 1 N–H and O–H groups in total. The number of ether oxygens (including phenoxy) is 2. The zero-order valence-corrected chi connectivity index (χ0v) is 28.1. The van der Waals surface area contributed by atoms with Gasteiger partial charge in [0.1, 0.15) is 35.9 Å². The predicted molar refractivity (Wildman–Crippen MR) is 187 cm³/mol. The van der Waals surface area contributed by atoms with Gasteiger partial charge in [-0.1, -0.05) is 48.0 Å². The highest BCUT2D eigenvalue weighted by molar-refractivity contribution is 7.91. The van der Waals surface area contributed by atoms with Crippen LogP contribution < -0.4 is 10.1 Å². The van der Waals surface area contributed by atoms with Crippen LogP contribution in [0.5, 0.6) is 5.75 Å². The summed E-state index contributed by atoms with van der Waals surface area (Å²) in [5.41, 5.74) is 2.65. The highest BCUT2D eigenvalue weighted by Gasteiger charge is 2.35. The normalized spacial score (nSPS) is 15.9. The first-order chi connectivity index (χ1) is 23.2. The molecule has 0 saturated heterocycles. The summed E-state index contributed by atoms with van der Waals surface area (Å²) in [5, 5.41) is 4.60. The minimum Gasteiger partial charge on any atom is -0.490 e. The second-order valence-electron chi connectivity index (χ2n) is 11.9. The number of fused-ring (bicyclic) bond motifs is 1. The van der Waals surface area contributed by atoms with Crippen molar-refractivity contribution in [3.8, 4) is 5.75 Å². The van der Waals surface area contributed by atoms with Crippen LogP contribution in [0, 0.1) is 5.82 Å². The lowest BCUT2D eigenvalue weighted by atomic mass is 9.86. The summed E-state index contributed by atoms with van der Waals surface area (Å²) < 4.78 is 51.1. The highest BCUT2D eigenvalue weighted by Crippen LogP contribution is 2.41. The van der Waals surface area contributed by atoms with Gasteiger partial charge in [-0.2, -0.15) is 0 Å². The molecule has 248 valence electrons.